The van der Waals surface area contributed by atoms with Gasteiger partial charge in [-0.15, -0.1) is 0 Å². The van der Waals surface area contributed by atoms with Crippen molar-refractivity contribution in [1.82, 2.24) is 0 Å². The standard InChI is InChI=1S/C6H7O3PS.Cs.H/c7-11(8,10)9-6-4-2-1-3-5-6;;/h1-5H,10H2;;/q;+1;-1. The Morgan fingerprint density at radius 2 is 1.75 bits per heavy atom. The van der Waals surface area contributed by atoms with Gasteiger partial charge in [0.1, 0.15) is 5.75 Å². The van der Waals surface area contributed by atoms with E-state index in [1.807, 2.05) is 0 Å². The first kappa shape index (κ1) is 13.5. The van der Waals surface area contributed by atoms with Gasteiger partial charge in [0.25, 0.3) is 0 Å². The average molecular weight is 324 g/mol. The first-order valence-electron chi connectivity index (χ1n) is 2.85. The second-order valence-corrected chi connectivity index (χ2v) is 4.77. The minimum atomic E-state index is -3.46. The predicted molar refractivity (Wildman–Crippen MR) is 46.8 cm³/mol. The summed E-state index contributed by atoms with van der Waals surface area (Å²) in [6.07, 6.45) is 0. The number of para-hydroxylation sites is 1. The van der Waals surface area contributed by atoms with Crippen LogP contribution in [0.25, 0.3) is 0 Å². The predicted octanol–water partition coefficient (Wildman–Crippen LogP) is -1.70. The van der Waals surface area contributed by atoms with Crippen LogP contribution in [0, 0.1) is 0 Å². The van der Waals surface area contributed by atoms with Crippen LogP contribution in [0.5, 0.6) is 5.75 Å². The summed E-state index contributed by atoms with van der Waals surface area (Å²) in [6, 6.07) is 8.32. The maximum atomic E-state index is 10.5. The van der Waals surface area contributed by atoms with Gasteiger partial charge in [-0.25, -0.2) is 0 Å². The molecule has 0 spiro atoms. The van der Waals surface area contributed by atoms with E-state index in [0.717, 1.165) is 0 Å². The summed E-state index contributed by atoms with van der Waals surface area (Å²) in [6.45, 7) is 0. The molecule has 6 heteroatoms. The zero-order valence-electron chi connectivity index (χ0n) is 7.60. The summed E-state index contributed by atoms with van der Waals surface area (Å²) in [5, 5.41) is 0. The fourth-order valence-electron chi connectivity index (χ4n) is 0.610. The quantitative estimate of drug-likeness (QED) is 0.610. The molecule has 0 amide bonds. The maximum Gasteiger partial charge on any atom is 1.00 e. The van der Waals surface area contributed by atoms with E-state index in [9.17, 15) is 8.42 Å². The molecule has 1 atom stereocenters. The van der Waals surface area contributed by atoms with Gasteiger partial charge < -0.3 is 5.61 Å². The molecule has 0 N–H and O–H groups in total. The minimum Gasteiger partial charge on any atom is -1.00 e. The van der Waals surface area contributed by atoms with Crippen LogP contribution in [-0.4, -0.2) is 8.42 Å². The molecule has 0 saturated heterocycles. The summed E-state index contributed by atoms with van der Waals surface area (Å²) in [5.74, 6) is 0.322. The van der Waals surface area contributed by atoms with E-state index in [2.05, 4.69) is 4.18 Å². The molecule has 0 bridgehead atoms. The second kappa shape index (κ2) is 6.03. The first-order valence-corrected chi connectivity index (χ1v) is 5.74. The maximum absolute atomic E-state index is 10.5. The molecule has 0 aliphatic heterocycles. The van der Waals surface area contributed by atoms with Crippen molar-refractivity contribution < 1.29 is 82.9 Å². The Balaban J connectivity index is 0. The Kier molecular flexibility index (Phi) is 6.76. The van der Waals surface area contributed by atoms with Crippen LogP contribution in [0.15, 0.2) is 30.3 Å². The van der Waals surface area contributed by atoms with Gasteiger partial charge in [-0.1, -0.05) is 18.2 Å². The van der Waals surface area contributed by atoms with E-state index < -0.39 is 9.74 Å². The van der Waals surface area contributed by atoms with Crippen LogP contribution >= 0.6 is 8.44 Å². The average Bonchev–Trinajstić information content (AvgIpc) is 1.85. The summed E-state index contributed by atoms with van der Waals surface area (Å²) in [5.41, 5.74) is 0. The van der Waals surface area contributed by atoms with E-state index in [0.29, 0.717) is 5.75 Å². The molecule has 0 heterocycles. The topological polar surface area (TPSA) is 43.4 Å². The Hall–Kier alpha value is 1.45. The van der Waals surface area contributed by atoms with Crippen LogP contribution in [-0.2, 0) is 9.74 Å². The van der Waals surface area contributed by atoms with Crippen molar-refractivity contribution in [3.8, 4) is 5.75 Å². The van der Waals surface area contributed by atoms with Crippen molar-refractivity contribution in [3.05, 3.63) is 30.3 Å². The Bertz CT molecular complexity index is 329. The Morgan fingerprint density at radius 3 is 2.17 bits per heavy atom. The van der Waals surface area contributed by atoms with Gasteiger partial charge in [-0.2, -0.15) is 8.42 Å². The molecule has 62 valence electrons. The molecule has 1 aromatic carbocycles. The molecule has 0 radical (unpaired) electrons. The van der Waals surface area contributed by atoms with Crippen molar-refractivity contribution in [2.24, 2.45) is 0 Å². The smallest absolute Gasteiger partial charge is 1.00 e. The van der Waals surface area contributed by atoms with E-state index in [1.54, 1.807) is 38.8 Å². The molecule has 1 rings (SSSR count). The zero-order valence-corrected chi connectivity index (χ0v) is 14.8. The van der Waals surface area contributed by atoms with Gasteiger partial charge in [0.05, 0.1) is 0 Å². The van der Waals surface area contributed by atoms with Gasteiger partial charge in [0.15, 0.2) is 0 Å². The van der Waals surface area contributed by atoms with Gasteiger partial charge in [0, 0.05) is 8.44 Å². The van der Waals surface area contributed by atoms with Crippen LogP contribution in [0.3, 0.4) is 0 Å². The summed E-state index contributed by atoms with van der Waals surface area (Å²) in [7, 11) is -1.85. The molecule has 1 aromatic rings. The van der Waals surface area contributed by atoms with E-state index in [-0.39, 0.29) is 70.3 Å². The van der Waals surface area contributed by atoms with Crippen LogP contribution in [0.2, 0.25) is 0 Å². The van der Waals surface area contributed by atoms with Gasteiger partial charge in [-0.05, 0) is 12.1 Å². The summed E-state index contributed by atoms with van der Waals surface area (Å²) >= 11 is 0. The van der Waals surface area contributed by atoms with Crippen molar-refractivity contribution in [2.75, 3.05) is 0 Å². The van der Waals surface area contributed by atoms with Crippen molar-refractivity contribution >= 4 is 18.2 Å². The molecule has 12 heavy (non-hydrogen) atoms. The van der Waals surface area contributed by atoms with Gasteiger partial charge in [-0.3, -0.25) is 0 Å². The third-order valence-electron chi connectivity index (χ3n) is 0.956. The molecular formula is C6H8CsO3PS. The first-order chi connectivity index (χ1) is 5.08. The molecule has 3 nitrogen and oxygen atoms in total. The second-order valence-electron chi connectivity index (χ2n) is 1.89. The van der Waals surface area contributed by atoms with Crippen LogP contribution in [0.4, 0.5) is 0 Å². The van der Waals surface area contributed by atoms with Crippen LogP contribution < -0.4 is 73.1 Å². The fourth-order valence-corrected chi connectivity index (χ4v) is 1.32. The van der Waals surface area contributed by atoms with Crippen LogP contribution in [0.1, 0.15) is 1.43 Å². The molecule has 0 aromatic heterocycles. The van der Waals surface area contributed by atoms with E-state index in [4.69, 9.17) is 0 Å². The Labute approximate surface area is 134 Å². The number of hydrogen-bond acceptors (Lipinski definition) is 3. The third-order valence-corrected chi connectivity index (χ3v) is 1.67. The minimum absolute atomic E-state index is 0. The monoisotopic (exact) mass is 324 g/mol. The number of hydrogen-bond donors (Lipinski definition) is 0. The fraction of sp³-hybridized carbons (Fsp3) is 0. The Morgan fingerprint density at radius 1 is 1.25 bits per heavy atom. The van der Waals surface area contributed by atoms with E-state index in [1.165, 1.54) is 0 Å². The molecular weight excluding hydrogens is 316 g/mol. The number of benzene rings is 1. The van der Waals surface area contributed by atoms with Gasteiger partial charge in [0.2, 0.25) is 0 Å². The van der Waals surface area contributed by atoms with Crippen molar-refractivity contribution in [2.45, 2.75) is 0 Å². The van der Waals surface area contributed by atoms with Crippen molar-refractivity contribution in [1.29, 1.82) is 0 Å². The molecule has 0 fully saturated rings. The molecule has 1 unspecified atom stereocenters. The number of rotatable bonds is 2. The van der Waals surface area contributed by atoms with Crippen molar-refractivity contribution in [3.63, 3.8) is 0 Å². The summed E-state index contributed by atoms with van der Waals surface area (Å²) < 4.78 is 25.6. The normalized spacial score (nSPS) is 10.1. The van der Waals surface area contributed by atoms with Gasteiger partial charge >= 0.3 is 78.6 Å². The largest absolute Gasteiger partial charge is 1.00 e. The molecule has 0 saturated carbocycles. The zero-order chi connectivity index (χ0) is 8.32. The van der Waals surface area contributed by atoms with E-state index >= 15 is 0 Å². The summed E-state index contributed by atoms with van der Waals surface area (Å²) in [4.78, 5) is 0. The molecule has 0 aliphatic carbocycles. The SMILES string of the molecule is O=S(=O)(P)Oc1ccccc1.[Cs+].[H-]. The molecule has 0 aliphatic rings. The third kappa shape index (κ3) is 5.99.